The summed E-state index contributed by atoms with van der Waals surface area (Å²) in [6.45, 7) is 3.78. The Hall–Kier alpha value is -2.36. The molecular formula is C20H21NO2. The fraction of sp³-hybridized carbons (Fsp3) is 0.200. The van der Waals surface area contributed by atoms with Crippen LogP contribution in [0.2, 0.25) is 0 Å². The summed E-state index contributed by atoms with van der Waals surface area (Å²) in [5, 5.41) is 11.6. The Bertz CT molecular complexity index is 823. The number of nitrogens with two attached hydrogens (primary N) is 1. The van der Waals surface area contributed by atoms with Crippen LogP contribution in [0, 0.1) is 6.92 Å². The number of ether oxygens (including phenoxy) is 1. The van der Waals surface area contributed by atoms with Crippen LogP contribution >= 0.6 is 0 Å². The molecule has 0 aromatic heterocycles. The molecule has 1 unspecified atom stereocenters. The molecule has 3 N–H and O–H groups in total. The molecule has 0 aliphatic carbocycles. The first-order valence-corrected chi connectivity index (χ1v) is 7.66. The minimum atomic E-state index is -0.731. The predicted octanol–water partition coefficient (Wildman–Crippen LogP) is 4.11. The van der Waals surface area contributed by atoms with Gasteiger partial charge in [0.1, 0.15) is 11.5 Å². The van der Waals surface area contributed by atoms with Crippen molar-refractivity contribution in [2.24, 2.45) is 5.73 Å². The molecular weight excluding hydrogens is 286 g/mol. The molecule has 0 fully saturated rings. The number of fused-ring (bicyclic) bond motifs is 1. The van der Waals surface area contributed by atoms with Crippen molar-refractivity contribution in [1.29, 1.82) is 0 Å². The van der Waals surface area contributed by atoms with Crippen molar-refractivity contribution < 1.29 is 9.84 Å². The van der Waals surface area contributed by atoms with E-state index in [9.17, 15) is 5.11 Å². The van der Waals surface area contributed by atoms with Gasteiger partial charge in [0.15, 0.2) is 0 Å². The number of hydrogen-bond donors (Lipinski definition) is 2. The minimum absolute atomic E-state index is 0.0902. The van der Waals surface area contributed by atoms with Crippen LogP contribution in [-0.4, -0.2) is 11.7 Å². The average molecular weight is 307 g/mol. The van der Waals surface area contributed by atoms with Gasteiger partial charge in [-0.2, -0.15) is 0 Å². The van der Waals surface area contributed by atoms with Gasteiger partial charge in [-0.1, -0.05) is 35.9 Å². The zero-order valence-corrected chi connectivity index (χ0v) is 13.4. The molecule has 3 aromatic rings. The van der Waals surface area contributed by atoms with E-state index in [0.29, 0.717) is 0 Å². The maximum atomic E-state index is 9.40. The monoisotopic (exact) mass is 307 g/mol. The van der Waals surface area contributed by atoms with E-state index in [-0.39, 0.29) is 6.61 Å². The standard InChI is InChI=1S/C20H21NO2/c1-14-3-8-18(9-4-14)23-19-10-6-15-11-17(20(2,21)13-22)7-5-16(15)12-19/h3-12,22H,13,21H2,1-2H3. The van der Waals surface area contributed by atoms with Crippen LogP contribution in [0.3, 0.4) is 0 Å². The highest BCUT2D eigenvalue weighted by Gasteiger charge is 2.19. The zero-order chi connectivity index (χ0) is 16.4. The van der Waals surface area contributed by atoms with E-state index in [4.69, 9.17) is 10.5 Å². The maximum absolute atomic E-state index is 9.40. The average Bonchev–Trinajstić information content (AvgIpc) is 2.56. The first-order chi connectivity index (χ1) is 11.0. The molecule has 0 radical (unpaired) electrons. The number of hydrogen-bond acceptors (Lipinski definition) is 3. The molecule has 3 rings (SSSR count). The topological polar surface area (TPSA) is 55.5 Å². The van der Waals surface area contributed by atoms with Crippen molar-refractivity contribution in [3.8, 4) is 11.5 Å². The normalized spacial score (nSPS) is 13.7. The van der Waals surface area contributed by atoms with Crippen molar-refractivity contribution in [2.45, 2.75) is 19.4 Å². The Morgan fingerprint density at radius 3 is 2.22 bits per heavy atom. The van der Waals surface area contributed by atoms with Crippen LogP contribution in [0.25, 0.3) is 10.8 Å². The highest BCUT2D eigenvalue weighted by molar-refractivity contribution is 5.84. The number of aryl methyl sites for hydroxylation is 1. The molecule has 3 aromatic carbocycles. The third-order valence-electron chi connectivity index (χ3n) is 4.06. The van der Waals surface area contributed by atoms with Crippen LogP contribution in [-0.2, 0) is 5.54 Å². The first-order valence-electron chi connectivity index (χ1n) is 7.66. The molecule has 0 amide bonds. The molecule has 3 nitrogen and oxygen atoms in total. The van der Waals surface area contributed by atoms with Gasteiger partial charge in [-0.15, -0.1) is 0 Å². The lowest BCUT2D eigenvalue weighted by Crippen LogP contribution is -2.36. The molecule has 1 atom stereocenters. The summed E-state index contributed by atoms with van der Waals surface area (Å²) in [5.41, 5.74) is 7.49. The Labute approximate surface area is 136 Å². The molecule has 118 valence electrons. The molecule has 0 aliphatic heterocycles. The van der Waals surface area contributed by atoms with Crippen LogP contribution in [0.15, 0.2) is 60.7 Å². The van der Waals surface area contributed by atoms with E-state index in [1.165, 1.54) is 5.56 Å². The lowest BCUT2D eigenvalue weighted by molar-refractivity contribution is 0.210. The van der Waals surface area contributed by atoms with Crippen LogP contribution in [0.5, 0.6) is 11.5 Å². The smallest absolute Gasteiger partial charge is 0.128 e. The van der Waals surface area contributed by atoms with Gasteiger partial charge in [0.25, 0.3) is 0 Å². The first kappa shape index (κ1) is 15.5. The van der Waals surface area contributed by atoms with Crippen LogP contribution in [0.1, 0.15) is 18.1 Å². The Morgan fingerprint density at radius 2 is 1.52 bits per heavy atom. The van der Waals surface area contributed by atoms with Gasteiger partial charge < -0.3 is 15.6 Å². The maximum Gasteiger partial charge on any atom is 0.128 e. The van der Waals surface area contributed by atoms with Crippen molar-refractivity contribution >= 4 is 10.8 Å². The summed E-state index contributed by atoms with van der Waals surface area (Å²) < 4.78 is 5.90. The Balaban J connectivity index is 1.90. The van der Waals surface area contributed by atoms with Gasteiger partial charge in [0, 0.05) is 0 Å². The van der Waals surface area contributed by atoms with E-state index < -0.39 is 5.54 Å². The lowest BCUT2D eigenvalue weighted by atomic mass is 9.92. The van der Waals surface area contributed by atoms with Gasteiger partial charge >= 0.3 is 0 Å². The third-order valence-corrected chi connectivity index (χ3v) is 4.06. The Kier molecular flexibility index (Phi) is 4.07. The predicted molar refractivity (Wildman–Crippen MR) is 93.8 cm³/mol. The van der Waals surface area contributed by atoms with E-state index in [1.807, 2.05) is 67.6 Å². The van der Waals surface area contributed by atoms with Crippen molar-refractivity contribution in [1.82, 2.24) is 0 Å². The van der Waals surface area contributed by atoms with Gasteiger partial charge in [-0.3, -0.25) is 0 Å². The van der Waals surface area contributed by atoms with E-state index >= 15 is 0 Å². The summed E-state index contributed by atoms with van der Waals surface area (Å²) >= 11 is 0. The van der Waals surface area contributed by atoms with Crippen LogP contribution < -0.4 is 10.5 Å². The van der Waals surface area contributed by atoms with Gasteiger partial charge in [-0.25, -0.2) is 0 Å². The van der Waals surface area contributed by atoms with E-state index in [1.54, 1.807) is 0 Å². The quantitative estimate of drug-likeness (QED) is 0.762. The van der Waals surface area contributed by atoms with Gasteiger partial charge in [-0.05, 0) is 60.5 Å². The van der Waals surface area contributed by atoms with E-state index in [0.717, 1.165) is 27.8 Å². The lowest BCUT2D eigenvalue weighted by Gasteiger charge is -2.22. The largest absolute Gasteiger partial charge is 0.457 e. The van der Waals surface area contributed by atoms with Crippen molar-refractivity contribution in [2.75, 3.05) is 6.61 Å². The molecule has 0 spiro atoms. The minimum Gasteiger partial charge on any atom is -0.457 e. The van der Waals surface area contributed by atoms with Crippen molar-refractivity contribution in [3.05, 3.63) is 71.8 Å². The highest BCUT2D eigenvalue weighted by Crippen LogP contribution is 2.28. The molecule has 0 heterocycles. The number of benzene rings is 3. The third kappa shape index (κ3) is 3.36. The molecule has 3 heteroatoms. The number of aliphatic hydroxyl groups excluding tert-OH is 1. The molecule has 0 saturated heterocycles. The van der Waals surface area contributed by atoms with Crippen LogP contribution in [0.4, 0.5) is 0 Å². The molecule has 0 bridgehead atoms. The van der Waals surface area contributed by atoms with Crippen molar-refractivity contribution in [3.63, 3.8) is 0 Å². The summed E-state index contributed by atoms with van der Waals surface area (Å²) in [5.74, 6) is 1.62. The summed E-state index contributed by atoms with van der Waals surface area (Å²) in [6.07, 6.45) is 0. The second-order valence-corrected chi connectivity index (χ2v) is 6.21. The molecule has 0 saturated carbocycles. The SMILES string of the molecule is Cc1ccc(Oc2ccc3cc(C(C)(N)CO)ccc3c2)cc1. The Morgan fingerprint density at radius 1 is 0.913 bits per heavy atom. The fourth-order valence-electron chi connectivity index (χ4n) is 2.48. The fourth-order valence-corrected chi connectivity index (χ4v) is 2.48. The second-order valence-electron chi connectivity index (χ2n) is 6.21. The van der Waals surface area contributed by atoms with Gasteiger partial charge in [0.2, 0.25) is 0 Å². The number of rotatable bonds is 4. The summed E-state index contributed by atoms with van der Waals surface area (Å²) in [6, 6.07) is 19.9. The summed E-state index contributed by atoms with van der Waals surface area (Å²) in [4.78, 5) is 0. The highest BCUT2D eigenvalue weighted by atomic mass is 16.5. The molecule has 0 aliphatic rings. The molecule has 23 heavy (non-hydrogen) atoms. The zero-order valence-electron chi connectivity index (χ0n) is 13.4. The summed E-state index contributed by atoms with van der Waals surface area (Å²) in [7, 11) is 0. The second kappa shape index (κ2) is 6.03. The number of aliphatic hydroxyl groups is 1. The van der Waals surface area contributed by atoms with E-state index in [2.05, 4.69) is 6.92 Å². The van der Waals surface area contributed by atoms with Gasteiger partial charge in [0.05, 0.1) is 12.1 Å².